The highest BCUT2D eigenvalue weighted by atomic mass is 79.9. The van der Waals surface area contributed by atoms with Crippen LogP contribution in [0.4, 0.5) is 0 Å². The molecule has 2 aliphatic heterocycles. The molecule has 0 saturated carbocycles. The fourth-order valence-corrected chi connectivity index (χ4v) is 5.11. The van der Waals surface area contributed by atoms with E-state index < -0.39 is 0 Å². The SMILES string of the molecule is COc1c(Br)cc(Br)cc1CNC1CCN2CCCC2C1. The Hall–Kier alpha value is -0.100. The Morgan fingerprint density at radius 3 is 2.95 bits per heavy atom. The average molecular weight is 418 g/mol. The van der Waals surface area contributed by atoms with E-state index in [4.69, 9.17) is 4.74 Å². The Balaban J connectivity index is 1.62. The molecule has 21 heavy (non-hydrogen) atoms. The van der Waals surface area contributed by atoms with Crippen molar-refractivity contribution in [3.63, 3.8) is 0 Å². The van der Waals surface area contributed by atoms with Gasteiger partial charge in [0.05, 0.1) is 11.6 Å². The summed E-state index contributed by atoms with van der Waals surface area (Å²) in [4.78, 5) is 2.66. The predicted molar refractivity (Wildman–Crippen MR) is 92.9 cm³/mol. The summed E-state index contributed by atoms with van der Waals surface area (Å²) >= 11 is 7.13. The minimum atomic E-state index is 0.631. The van der Waals surface area contributed by atoms with Crippen LogP contribution >= 0.6 is 31.9 Å². The average Bonchev–Trinajstić information content (AvgIpc) is 2.92. The Kier molecular flexibility index (Phi) is 5.25. The molecule has 2 heterocycles. The second-order valence-corrected chi connectivity index (χ2v) is 7.78. The van der Waals surface area contributed by atoms with Gasteiger partial charge >= 0.3 is 0 Å². The number of rotatable bonds is 4. The Bertz CT molecular complexity index is 509. The highest BCUT2D eigenvalue weighted by molar-refractivity contribution is 9.11. The zero-order chi connectivity index (χ0) is 14.8. The van der Waals surface area contributed by atoms with Gasteiger partial charge in [0.2, 0.25) is 0 Å². The number of benzene rings is 1. The summed E-state index contributed by atoms with van der Waals surface area (Å²) in [6.07, 6.45) is 5.30. The van der Waals surface area contributed by atoms with Crippen LogP contribution < -0.4 is 10.1 Å². The molecule has 2 atom stereocenters. The second-order valence-electron chi connectivity index (χ2n) is 6.01. The Labute approximate surface area is 143 Å². The van der Waals surface area contributed by atoms with Crippen LogP contribution in [0.2, 0.25) is 0 Å². The lowest BCUT2D eigenvalue weighted by Gasteiger charge is -2.35. The van der Waals surface area contributed by atoms with Gasteiger partial charge in [-0.3, -0.25) is 0 Å². The summed E-state index contributed by atoms with van der Waals surface area (Å²) in [6, 6.07) is 5.61. The fourth-order valence-electron chi connectivity index (χ4n) is 3.64. The molecule has 0 spiro atoms. The fraction of sp³-hybridized carbons (Fsp3) is 0.625. The summed E-state index contributed by atoms with van der Waals surface area (Å²) in [5.74, 6) is 0.934. The van der Waals surface area contributed by atoms with E-state index in [9.17, 15) is 0 Å². The maximum absolute atomic E-state index is 5.52. The van der Waals surface area contributed by atoms with E-state index in [0.717, 1.165) is 27.3 Å². The van der Waals surface area contributed by atoms with Crippen molar-refractivity contribution in [2.24, 2.45) is 0 Å². The molecule has 5 heteroatoms. The molecule has 1 aromatic rings. The van der Waals surface area contributed by atoms with Crippen molar-refractivity contribution < 1.29 is 4.74 Å². The van der Waals surface area contributed by atoms with E-state index in [1.165, 1.54) is 44.3 Å². The zero-order valence-corrected chi connectivity index (χ0v) is 15.5. The molecular formula is C16H22Br2N2O. The van der Waals surface area contributed by atoms with Gasteiger partial charge in [0.1, 0.15) is 5.75 Å². The first-order valence-corrected chi connectivity index (χ1v) is 9.25. The van der Waals surface area contributed by atoms with Crippen molar-refractivity contribution in [3.05, 3.63) is 26.6 Å². The number of hydrogen-bond donors (Lipinski definition) is 1. The topological polar surface area (TPSA) is 24.5 Å². The number of nitrogens with zero attached hydrogens (tertiary/aromatic N) is 1. The third-order valence-corrected chi connectivity index (χ3v) is 5.74. The lowest BCUT2D eigenvalue weighted by Crippen LogP contribution is -2.45. The lowest BCUT2D eigenvalue weighted by molar-refractivity contribution is 0.166. The van der Waals surface area contributed by atoms with Crippen LogP contribution in [-0.2, 0) is 6.54 Å². The monoisotopic (exact) mass is 416 g/mol. The molecule has 2 unspecified atom stereocenters. The molecule has 2 saturated heterocycles. The van der Waals surface area contributed by atoms with Gasteiger partial charge in [-0.05, 0) is 66.8 Å². The lowest BCUT2D eigenvalue weighted by atomic mass is 9.97. The van der Waals surface area contributed by atoms with Crippen molar-refractivity contribution in [1.29, 1.82) is 0 Å². The molecule has 2 fully saturated rings. The molecular weight excluding hydrogens is 396 g/mol. The second kappa shape index (κ2) is 6.99. The maximum atomic E-state index is 5.52. The van der Waals surface area contributed by atoms with Gasteiger partial charge in [-0.25, -0.2) is 0 Å². The number of halogens is 2. The van der Waals surface area contributed by atoms with Crippen LogP contribution in [0.15, 0.2) is 21.1 Å². The Morgan fingerprint density at radius 2 is 2.14 bits per heavy atom. The van der Waals surface area contributed by atoms with Gasteiger partial charge in [0.15, 0.2) is 0 Å². The summed E-state index contributed by atoms with van der Waals surface area (Å²) in [5.41, 5.74) is 1.20. The Morgan fingerprint density at radius 1 is 1.29 bits per heavy atom. The standard InChI is InChI=1S/C16H22Br2N2O/c1-21-16-11(7-12(17)8-15(16)18)10-19-13-4-6-20-5-2-3-14(20)9-13/h7-8,13-14,19H,2-6,9-10H2,1H3. The molecule has 2 aliphatic rings. The van der Waals surface area contributed by atoms with Crippen molar-refractivity contribution in [3.8, 4) is 5.75 Å². The van der Waals surface area contributed by atoms with Crippen LogP contribution in [0.1, 0.15) is 31.2 Å². The maximum Gasteiger partial charge on any atom is 0.137 e. The normalized spacial score (nSPS) is 25.9. The molecule has 1 N–H and O–H groups in total. The van der Waals surface area contributed by atoms with Crippen LogP contribution in [0, 0.1) is 0 Å². The zero-order valence-electron chi connectivity index (χ0n) is 12.4. The minimum absolute atomic E-state index is 0.631. The number of hydrogen-bond acceptors (Lipinski definition) is 3. The molecule has 0 bridgehead atoms. The minimum Gasteiger partial charge on any atom is -0.495 e. The van der Waals surface area contributed by atoms with Gasteiger partial charge in [0, 0.05) is 28.7 Å². The largest absolute Gasteiger partial charge is 0.495 e. The van der Waals surface area contributed by atoms with Crippen LogP contribution in [0.5, 0.6) is 5.75 Å². The van der Waals surface area contributed by atoms with E-state index in [1.54, 1.807) is 7.11 Å². The van der Waals surface area contributed by atoms with E-state index in [2.05, 4.69) is 48.1 Å². The smallest absolute Gasteiger partial charge is 0.137 e. The summed E-state index contributed by atoms with van der Waals surface area (Å²) < 4.78 is 7.61. The van der Waals surface area contributed by atoms with Crippen LogP contribution in [-0.4, -0.2) is 37.2 Å². The van der Waals surface area contributed by atoms with Crippen molar-refractivity contribution in [2.75, 3.05) is 20.2 Å². The molecule has 116 valence electrons. The van der Waals surface area contributed by atoms with Crippen molar-refractivity contribution in [2.45, 2.75) is 44.3 Å². The molecule has 3 rings (SSSR count). The third kappa shape index (κ3) is 3.63. The summed E-state index contributed by atoms with van der Waals surface area (Å²) in [7, 11) is 1.73. The number of fused-ring (bicyclic) bond motifs is 1. The van der Waals surface area contributed by atoms with Crippen molar-refractivity contribution in [1.82, 2.24) is 10.2 Å². The highest BCUT2D eigenvalue weighted by Gasteiger charge is 2.31. The summed E-state index contributed by atoms with van der Waals surface area (Å²) in [5, 5.41) is 3.73. The quantitative estimate of drug-likeness (QED) is 0.802. The van der Waals surface area contributed by atoms with E-state index in [-0.39, 0.29) is 0 Å². The number of piperidine rings is 1. The van der Waals surface area contributed by atoms with Crippen LogP contribution in [0.3, 0.4) is 0 Å². The number of methoxy groups -OCH3 is 1. The molecule has 0 radical (unpaired) electrons. The first-order chi connectivity index (χ1) is 10.2. The number of nitrogens with one attached hydrogen (secondary N) is 1. The molecule has 0 aliphatic carbocycles. The molecule has 1 aromatic carbocycles. The molecule has 0 amide bonds. The van der Waals surface area contributed by atoms with Crippen LogP contribution in [0.25, 0.3) is 0 Å². The third-order valence-electron chi connectivity index (χ3n) is 4.69. The molecule has 3 nitrogen and oxygen atoms in total. The van der Waals surface area contributed by atoms with Gasteiger partial charge in [-0.1, -0.05) is 15.9 Å². The van der Waals surface area contributed by atoms with E-state index in [1.807, 2.05) is 6.07 Å². The highest BCUT2D eigenvalue weighted by Crippen LogP contribution is 2.33. The van der Waals surface area contributed by atoms with Gasteiger partial charge < -0.3 is 15.0 Å². The first kappa shape index (κ1) is 15.8. The summed E-state index contributed by atoms with van der Waals surface area (Å²) in [6.45, 7) is 3.42. The van der Waals surface area contributed by atoms with Gasteiger partial charge in [-0.2, -0.15) is 0 Å². The number of ether oxygens (including phenoxy) is 1. The first-order valence-electron chi connectivity index (χ1n) is 7.66. The molecule has 0 aromatic heterocycles. The van der Waals surface area contributed by atoms with Crippen molar-refractivity contribution >= 4 is 31.9 Å². The van der Waals surface area contributed by atoms with E-state index >= 15 is 0 Å². The van der Waals surface area contributed by atoms with Gasteiger partial charge in [-0.15, -0.1) is 0 Å². The van der Waals surface area contributed by atoms with Gasteiger partial charge in [0.25, 0.3) is 0 Å². The van der Waals surface area contributed by atoms with E-state index in [0.29, 0.717) is 6.04 Å². The predicted octanol–water partition coefficient (Wildman–Crippen LogP) is 3.94.